The monoisotopic (exact) mass is 195 g/mol. The highest BCUT2D eigenvalue weighted by atomic mass is 16.4. The van der Waals surface area contributed by atoms with Crippen LogP contribution in [0.4, 0.5) is 0 Å². The van der Waals surface area contributed by atoms with Crippen LogP contribution in [0.25, 0.3) is 0 Å². The second kappa shape index (κ2) is 7.60. The van der Waals surface area contributed by atoms with Gasteiger partial charge in [-0.05, 0) is 31.8 Å². The third-order valence-electron chi connectivity index (χ3n) is 2.74. The molecule has 0 saturated heterocycles. The summed E-state index contributed by atoms with van der Waals surface area (Å²) in [4.78, 5) is 0. The standard InChI is InChI=1S/C12H21NO/c14-13-12-10-8-6-4-2-1-3-5-7-9-11-12/h8,10,14H,1-7,9,11H2/b10-8+,13-12?. The Morgan fingerprint density at radius 2 is 1.57 bits per heavy atom. The zero-order valence-corrected chi connectivity index (χ0v) is 8.91. The maximum atomic E-state index is 8.73. The molecule has 0 bridgehead atoms. The lowest BCUT2D eigenvalue weighted by atomic mass is 10.0. The van der Waals surface area contributed by atoms with Crippen LogP contribution < -0.4 is 0 Å². The van der Waals surface area contributed by atoms with Gasteiger partial charge in [-0.1, -0.05) is 43.3 Å². The highest BCUT2D eigenvalue weighted by molar-refractivity contribution is 5.94. The summed E-state index contributed by atoms with van der Waals surface area (Å²) in [5.41, 5.74) is 0.838. The maximum Gasteiger partial charge on any atom is 0.0792 e. The van der Waals surface area contributed by atoms with Gasteiger partial charge in [-0.25, -0.2) is 0 Å². The fourth-order valence-electron chi connectivity index (χ4n) is 1.84. The van der Waals surface area contributed by atoms with Gasteiger partial charge in [-0.3, -0.25) is 0 Å². The minimum Gasteiger partial charge on any atom is -0.411 e. The van der Waals surface area contributed by atoms with E-state index in [9.17, 15) is 0 Å². The fraction of sp³-hybridized carbons (Fsp3) is 0.750. The normalized spacial score (nSPS) is 26.4. The van der Waals surface area contributed by atoms with Crippen LogP contribution in [0.5, 0.6) is 0 Å². The molecule has 1 aliphatic carbocycles. The van der Waals surface area contributed by atoms with Crippen LogP contribution in [0.3, 0.4) is 0 Å². The van der Waals surface area contributed by atoms with Crippen molar-refractivity contribution in [2.24, 2.45) is 5.16 Å². The van der Waals surface area contributed by atoms with Crippen LogP contribution in [0.1, 0.15) is 57.8 Å². The van der Waals surface area contributed by atoms with Crippen molar-refractivity contribution in [3.63, 3.8) is 0 Å². The summed E-state index contributed by atoms with van der Waals surface area (Å²) in [6, 6.07) is 0. The van der Waals surface area contributed by atoms with Gasteiger partial charge in [0.25, 0.3) is 0 Å². The molecule has 0 atom stereocenters. The summed E-state index contributed by atoms with van der Waals surface area (Å²) in [6.07, 6.45) is 15.3. The Hall–Kier alpha value is -0.790. The molecule has 80 valence electrons. The first-order valence-corrected chi connectivity index (χ1v) is 5.81. The molecule has 0 heterocycles. The zero-order valence-electron chi connectivity index (χ0n) is 8.91. The van der Waals surface area contributed by atoms with Crippen molar-refractivity contribution < 1.29 is 5.21 Å². The van der Waals surface area contributed by atoms with Gasteiger partial charge >= 0.3 is 0 Å². The van der Waals surface area contributed by atoms with Gasteiger partial charge in [-0.15, -0.1) is 0 Å². The van der Waals surface area contributed by atoms with Crippen molar-refractivity contribution >= 4 is 5.71 Å². The predicted octanol–water partition coefficient (Wildman–Crippen LogP) is 3.90. The number of oxime groups is 1. The first kappa shape index (κ1) is 11.3. The smallest absolute Gasteiger partial charge is 0.0792 e. The molecular formula is C12H21NO. The molecule has 1 rings (SSSR count). The van der Waals surface area contributed by atoms with Crippen LogP contribution in [-0.2, 0) is 0 Å². The minimum atomic E-state index is 0.838. The summed E-state index contributed by atoms with van der Waals surface area (Å²) in [7, 11) is 0. The lowest BCUT2D eigenvalue weighted by Crippen LogP contribution is -1.94. The third-order valence-corrected chi connectivity index (χ3v) is 2.74. The molecule has 0 amide bonds. The fourth-order valence-corrected chi connectivity index (χ4v) is 1.84. The summed E-state index contributed by atoms with van der Waals surface area (Å²) in [5, 5.41) is 12.0. The lowest BCUT2D eigenvalue weighted by molar-refractivity contribution is 0.318. The summed E-state index contributed by atoms with van der Waals surface area (Å²) in [5.74, 6) is 0. The molecule has 0 unspecified atom stereocenters. The van der Waals surface area contributed by atoms with E-state index in [-0.39, 0.29) is 0 Å². The molecule has 0 spiro atoms. The second-order valence-corrected chi connectivity index (χ2v) is 4.01. The molecule has 2 heteroatoms. The Balaban J connectivity index is 2.36. The molecule has 14 heavy (non-hydrogen) atoms. The average Bonchev–Trinajstić information content (AvgIpc) is 2.19. The lowest BCUT2D eigenvalue weighted by Gasteiger charge is -2.03. The van der Waals surface area contributed by atoms with Gasteiger partial charge in [0.1, 0.15) is 0 Å². The number of hydrogen-bond donors (Lipinski definition) is 1. The molecule has 0 aromatic rings. The SMILES string of the molecule is ON=C1/C=C/CCCCCCCCC1. The number of hydrogen-bond acceptors (Lipinski definition) is 2. The van der Waals surface area contributed by atoms with Crippen molar-refractivity contribution in [2.75, 3.05) is 0 Å². The molecule has 0 aliphatic heterocycles. The Bertz CT molecular complexity index is 196. The Morgan fingerprint density at radius 1 is 0.929 bits per heavy atom. The van der Waals surface area contributed by atoms with Gasteiger partial charge in [0, 0.05) is 0 Å². The van der Waals surface area contributed by atoms with Crippen molar-refractivity contribution in [3.05, 3.63) is 12.2 Å². The summed E-state index contributed by atoms with van der Waals surface area (Å²) < 4.78 is 0. The van der Waals surface area contributed by atoms with E-state index >= 15 is 0 Å². The molecule has 0 aromatic carbocycles. The Morgan fingerprint density at radius 3 is 2.29 bits per heavy atom. The topological polar surface area (TPSA) is 32.6 Å². The number of allylic oxidation sites excluding steroid dienone is 2. The van der Waals surface area contributed by atoms with Gasteiger partial charge < -0.3 is 5.21 Å². The van der Waals surface area contributed by atoms with E-state index in [0.717, 1.165) is 25.0 Å². The van der Waals surface area contributed by atoms with Gasteiger partial charge in [0.2, 0.25) is 0 Å². The molecule has 1 N–H and O–H groups in total. The quantitative estimate of drug-likeness (QED) is 0.461. The number of nitrogens with zero attached hydrogens (tertiary/aromatic N) is 1. The minimum absolute atomic E-state index is 0.838. The van der Waals surface area contributed by atoms with E-state index in [0.29, 0.717) is 0 Å². The second-order valence-electron chi connectivity index (χ2n) is 4.01. The van der Waals surface area contributed by atoms with Crippen LogP contribution in [-0.4, -0.2) is 10.9 Å². The van der Waals surface area contributed by atoms with Crippen LogP contribution in [0, 0.1) is 0 Å². The predicted molar refractivity (Wildman–Crippen MR) is 59.9 cm³/mol. The largest absolute Gasteiger partial charge is 0.411 e. The average molecular weight is 195 g/mol. The van der Waals surface area contributed by atoms with Crippen LogP contribution in [0.2, 0.25) is 0 Å². The highest BCUT2D eigenvalue weighted by Crippen LogP contribution is 2.12. The van der Waals surface area contributed by atoms with Crippen molar-refractivity contribution in [1.82, 2.24) is 0 Å². The van der Waals surface area contributed by atoms with Crippen molar-refractivity contribution in [2.45, 2.75) is 57.8 Å². The molecule has 1 aliphatic rings. The van der Waals surface area contributed by atoms with Gasteiger partial charge in [0.15, 0.2) is 0 Å². The first-order valence-electron chi connectivity index (χ1n) is 5.81. The van der Waals surface area contributed by atoms with Crippen LogP contribution >= 0.6 is 0 Å². The van der Waals surface area contributed by atoms with Gasteiger partial charge in [0.05, 0.1) is 5.71 Å². The zero-order chi connectivity index (χ0) is 10.1. The molecule has 2 nitrogen and oxygen atoms in total. The third kappa shape index (κ3) is 5.05. The summed E-state index contributed by atoms with van der Waals surface area (Å²) in [6.45, 7) is 0. The van der Waals surface area contributed by atoms with Gasteiger partial charge in [-0.2, -0.15) is 0 Å². The van der Waals surface area contributed by atoms with E-state index in [1.54, 1.807) is 0 Å². The Kier molecular flexibility index (Phi) is 6.13. The van der Waals surface area contributed by atoms with Crippen LogP contribution in [0.15, 0.2) is 17.3 Å². The molecule has 0 fully saturated rings. The number of rotatable bonds is 0. The van der Waals surface area contributed by atoms with Crippen molar-refractivity contribution in [3.8, 4) is 0 Å². The van der Waals surface area contributed by atoms with Crippen molar-refractivity contribution in [1.29, 1.82) is 0 Å². The molecular weight excluding hydrogens is 174 g/mol. The van der Waals surface area contributed by atoms with E-state index in [1.165, 1.54) is 38.5 Å². The van der Waals surface area contributed by atoms with E-state index in [2.05, 4.69) is 11.2 Å². The molecule has 0 saturated carbocycles. The molecule has 0 aromatic heterocycles. The highest BCUT2D eigenvalue weighted by Gasteiger charge is 1.98. The van der Waals surface area contributed by atoms with E-state index in [4.69, 9.17) is 5.21 Å². The Labute approximate surface area is 86.7 Å². The summed E-state index contributed by atoms with van der Waals surface area (Å²) >= 11 is 0. The van der Waals surface area contributed by atoms with E-state index in [1.807, 2.05) is 6.08 Å². The molecule has 0 radical (unpaired) electrons. The van der Waals surface area contributed by atoms with E-state index < -0.39 is 0 Å². The first-order chi connectivity index (χ1) is 6.93. The maximum absolute atomic E-state index is 8.73.